The summed E-state index contributed by atoms with van der Waals surface area (Å²) in [6.45, 7) is 7.04. The van der Waals surface area contributed by atoms with Gasteiger partial charge >= 0.3 is 0 Å². The van der Waals surface area contributed by atoms with Crippen LogP contribution in [0.25, 0.3) is 11.6 Å². The normalized spacial score (nSPS) is 19.3. The number of allylic oxidation sites excluding steroid dienone is 3. The second-order valence-corrected chi connectivity index (χ2v) is 8.64. The van der Waals surface area contributed by atoms with Gasteiger partial charge in [-0.25, -0.2) is 0 Å². The molecule has 2 aliphatic heterocycles. The minimum atomic E-state index is -0.157. The van der Waals surface area contributed by atoms with E-state index in [0.717, 1.165) is 22.5 Å². The van der Waals surface area contributed by atoms with Crippen molar-refractivity contribution in [2.24, 2.45) is 17.4 Å². The number of anilines is 1. The first kappa shape index (κ1) is 23.9. The average Bonchev–Trinajstić information content (AvgIpc) is 2.75. The molecule has 1 amide bonds. The Morgan fingerprint density at radius 1 is 1.36 bits per heavy atom. The fraction of sp³-hybridized carbons (Fsp3) is 0.375. The van der Waals surface area contributed by atoms with E-state index in [9.17, 15) is 4.79 Å². The second kappa shape index (κ2) is 10.2. The van der Waals surface area contributed by atoms with Gasteiger partial charge in [0.15, 0.2) is 0 Å². The number of nitrogens with one attached hydrogen (secondary N) is 3. The summed E-state index contributed by atoms with van der Waals surface area (Å²) in [7, 11) is 1.97. The van der Waals surface area contributed by atoms with E-state index in [2.05, 4.69) is 34.4 Å². The van der Waals surface area contributed by atoms with Crippen LogP contribution in [0.5, 0.6) is 0 Å². The molecular weight excluding hydrogens is 416 g/mol. The average molecular weight is 451 g/mol. The SMILES string of the molecule is CC(=O)N1CC(N/C=C(\C=N)c2cnc3c(c2)N(C)C(N/C(N)=C/C(=C\N)C(C)C)C=C3)C1. The Hall–Kier alpha value is -3.75. The van der Waals surface area contributed by atoms with Crippen LogP contribution in [-0.4, -0.2) is 54.4 Å². The van der Waals surface area contributed by atoms with Gasteiger partial charge in [0.25, 0.3) is 0 Å². The standard InChI is InChI=1S/C24H34N8O/c1-15(2)17(9-25)8-23(27)30-24-6-5-21-22(31(24)4)7-18(11-29-21)19(10-26)12-28-20-13-32(14-20)16(3)33/h5-12,15,20,24,26,28,30H,13-14,25,27H2,1-4H3/b17-9+,19-12+,23-8+,26-10?. The lowest BCUT2D eigenvalue weighted by atomic mass is 10.0. The highest BCUT2D eigenvalue weighted by Gasteiger charge is 2.27. The van der Waals surface area contributed by atoms with E-state index in [-0.39, 0.29) is 24.0 Å². The van der Waals surface area contributed by atoms with Crippen molar-refractivity contribution in [2.75, 3.05) is 25.0 Å². The third-order valence-corrected chi connectivity index (χ3v) is 5.92. The number of fused-ring (bicyclic) bond motifs is 1. The lowest BCUT2D eigenvalue weighted by molar-refractivity contribution is -0.133. The summed E-state index contributed by atoms with van der Waals surface area (Å²) in [6, 6.07) is 2.21. The Balaban J connectivity index is 1.73. The molecule has 176 valence electrons. The van der Waals surface area contributed by atoms with Crippen molar-refractivity contribution in [1.82, 2.24) is 20.5 Å². The minimum Gasteiger partial charge on any atom is -0.404 e. The summed E-state index contributed by atoms with van der Waals surface area (Å²) < 4.78 is 0. The zero-order chi connectivity index (χ0) is 24.1. The summed E-state index contributed by atoms with van der Waals surface area (Å²) in [5.74, 6) is 0.879. The summed E-state index contributed by atoms with van der Waals surface area (Å²) >= 11 is 0. The number of aromatic nitrogens is 1. The number of likely N-dealkylation sites (N-methyl/N-ethyl adjacent to an activating group) is 1. The van der Waals surface area contributed by atoms with E-state index < -0.39 is 0 Å². The molecule has 0 aliphatic carbocycles. The maximum atomic E-state index is 11.3. The Morgan fingerprint density at radius 3 is 2.70 bits per heavy atom. The summed E-state index contributed by atoms with van der Waals surface area (Å²) in [5.41, 5.74) is 16.2. The van der Waals surface area contributed by atoms with E-state index >= 15 is 0 Å². The molecule has 7 N–H and O–H groups in total. The Bertz CT molecular complexity index is 1020. The summed E-state index contributed by atoms with van der Waals surface area (Å²) in [5, 5.41) is 14.5. The number of pyridine rings is 1. The molecule has 0 bridgehead atoms. The number of carbonyl (C=O) groups is 1. The van der Waals surface area contributed by atoms with Crippen LogP contribution < -0.4 is 27.0 Å². The molecule has 1 aromatic heterocycles. The molecule has 1 aromatic rings. The van der Waals surface area contributed by atoms with Crippen molar-refractivity contribution >= 4 is 29.5 Å². The van der Waals surface area contributed by atoms with Gasteiger partial charge in [-0.1, -0.05) is 13.8 Å². The molecule has 3 rings (SSSR count). The van der Waals surface area contributed by atoms with Crippen molar-refractivity contribution in [3.63, 3.8) is 0 Å². The molecule has 0 radical (unpaired) electrons. The monoisotopic (exact) mass is 450 g/mol. The van der Waals surface area contributed by atoms with E-state index in [1.807, 2.05) is 37.5 Å². The molecule has 9 heteroatoms. The number of rotatable bonds is 8. The van der Waals surface area contributed by atoms with Crippen LogP contribution in [0.4, 0.5) is 5.69 Å². The van der Waals surface area contributed by atoms with Crippen LogP contribution in [-0.2, 0) is 4.79 Å². The highest BCUT2D eigenvalue weighted by molar-refractivity contribution is 6.08. The number of amides is 1. The smallest absolute Gasteiger partial charge is 0.219 e. The summed E-state index contributed by atoms with van der Waals surface area (Å²) in [4.78, 5) is 19.8. The molecule has 33 heavy (non-hydrogen) atoms. The van der Waals surface area contributed by atoms with Gasteiger partial charge in [-0.05, 0) is 42.0 Å². The third-order valence-electron chi connectivity index (χ3n) is 5.92. The van der Waals surface area contributed by atoms with E-state index in [4.69, 9.17) is 16.9 Å². The van der Waals surface area contributed by atoms with Crippen molar-refractivity contribution in [3.05, 3.63) is 59.5 Å². The molecule has 1 saturated heterocycles. The predicted molar refractivity (Wildman–Crippen MR) is 134 cm³/mol. The van der Waals surface area contributed by atoms with Gasteiger partial charge in [0, 0.05) is 56.8 Å². The topological polar surface area (TPSA) is 136 Å². The van der Waals surface area contributed by atoms with E-state index in [1.54, 1.807) is 24.2 Å². The van der Waals surface area contributed by atoms with Crippen LogP contribution in [0.3, 0.4) is 0 Å². The van der Waals surface area contributed by atoms with Crippen molar-refractivity contribution in [3.8, 4) is 0 Å². The lowest BCUT2D eigenvalue weighted by Gasteiger charge is -2.38. The minimum absolute atomic E-state index is 0.0809. The molecule has 0 spiro atoms. The predicted octanol–water partition coefficient (Wildman–Crippen LogP) is 1.57. The quantitative estimate of drug-likeness (QED) is 0.299. The second-order valence-electron chi connectivity index (χ2n) is 8.64. The van der Waals surface area contributed by atoms with Crippen molar-refractivity contribution < 1.29 is 4.79 Å². The largest absolute Gasteiger partial charge is 0.404 e. The van der Waals surface area contributed by atoms with Crippen LogP contribution in [0, 0.1) is 11.3 Å². The molecule has 0 aromatic carbocycles. The third kappa shape index (κ3) is 5.54. The van der Waals surface area contributed by atoms with Crippen molar-refractivity contribution in [1.29, 1.82) is 5.41 Å². The molecule has 1 unspecified atom stereocenters. The zero-order valence-corrected chi connectivity index (χ0v) is 19.7. The Labute approximate surface area is 195 Å². The molecule has 1 atom stereocenters. The van der Waals surface area contributed by atoms with Gasteiger partial charge in [0.1, 0.15) is 6.17 Å². The van der Waals surface area contributed by atoms with Crippen LogP contribution in [0.15, 0.2) is 48.2 Å². The van der Waals surface area contributed by atoms with Gasteiger partial charge < -0.3 is 37.3 Å². The molecule has 1 fully saturated rings. The highest BCUT2D eigenvalue weighted by atomic mass is 16.2. The summed E-state index contributed by atoms with van der Waals surface area (Å²) in [6.07, 6.45) is 12.1. The Kier molecular flexibility index (Phi) is 7.42. The molecule has 9 nitrogen and oxygen atoms in total. The molecule has 3 heterocycles. The van der Waals surface area contributed by atoms with Gasteiger partial charge in [-0.2, -0.15) is 0 Å². The van der Waals surface area contributed by atoms with Gasteiger partial charge in [-0.3, -0.25) is 9.78 Å². The highest BCUT2D eigenvalue weighted by Crippen LogP contribution is 2.28. The van der Waals surface area contributed by atoms with Gasteiger partial charge in [0.2, 0.25) is 5.91 Å². The van der Waals surface area contributed by atoms with Crippen LogP contribution in [0.1, 0.15) is 32.0 Å². The first-order valence-electron chi connectivity index (χ1n) is 11.0. The zero-order valence-electron chi connectivity index (χ0n) is 19.7. The van der Waals surface area contributed by atoms with Crippen molar-refractivity contribution in [2.45, 2.75) is 33.0 Å². The van der Waals surface area contributed by atoms with Crippen LogP contribution in [0.2, 0.25) is 0 Å². The van der Waals surface area contributed by atoms with Gasteiger partial charge in [-0.15, -0.1) is 0 Å². The number of nitrogens with zero attached hydrogens (tertiary/aromatic N) is 3. The maximum Gasteiger partial charge on any atom is 0.219 e. The fourth-order valence-electron chi connectivity index (χ4n) is 3.69. The molecular formula is C24H34N8O. The lowest BCUT2D eigenvalue weighted by Crippen LogP contribution is -2.58. The number of carbonyl (C=O) groups excluding carboxylic acids is 1. The number of nitrogens with two attached hydrogens (primary N) is 2. The first-order chi connectivity index (χ1) is 15.7. The number of hydrogen-bond acceptors (Lipinski definition) is 8. The first-order valence-corrected chi connectivity index (χ1v) is 11.0. The molecule has 2 aliphatic rings. The van der Waals surface area contributed by atoms with Gasteiger partial charge in [0.05, 0.1) is 23.2 Å². The van der Waals surface area contributed by atoms with E-state index in [0.29, 0.717) is 24.5 Å². The fourth-order valence-corrected chi connectivity index (χ4v) is 3.69. The maximum absolute atomic E-state index is 11.3. The number of hydrogen-bond donors (Lipinski definition) is 5. The number of likely N-dealkylation sites (tertiary alicyclic amines) is 1. The van der Waals surface area contributed by atoms with E-state index in [1.165, 1.54) is 6.21 Å². The van der Waals surface area contributed by atoms with Crippen LogP contribution >= 0.6 is 0 Å². The Morgan fingerprint density at radius 2 is 2.09 bits per heavy atom. The molecule has 0 saturated carbocycles.